The monoisotopic (exact) mass is 527 g/mol. The number of nitriles is 2. The van der Waals surface area contributed by atoms with Crippen LogP contribution in [0.15, 0.2) is 133 Å². The molecule has 0 N–H and O–H groups in total. The second-order valence-electron chi connectivity index (χ2n) is 10.5. The number of hydrogen-bond donors (Lipinski definition) is 0. The minimum Gasteiger partial charge on any atom is -0.313 e. The third kappa shape index (κ3) is 3.87. The molecule has 0 amide bonds. The molecule has 0 radical (unpaired) electrons. The van der Waals surface area contributed by atoms with Gasteiger partial charge < -0.3 is 4.90 Å². The lowest BCUT2D eigenvalue weighted by molar-refractivity contribution is 0.576. The van der Waals surface area contributed by atoms with Crippen LogP contribution >= 0.6 is 0 Å². The van der Waals surface area contributed by atoms with E-state index in [0.717, 1.165) is 33.6 Å². The number of allylic oxidation sites excluding steroid dienone is 6. The molecular formula is C38H29N3. The Morgan fingerprint density at radius 1 is 0.756 bits per heavy atom. The molecule has 2 aliphatic rings. The molecule has 1 heterocycles. The lowest BCUT2D eigenvalue weighted by Crippen LogP contribution is -2.42. The highest BCUT2D eigenvalue weighted by Crippen LogP contribution is 2.59. The summed E-state index contributed by atoms with van der Waals surface area (Å²) in [6.07, 6.45) is 8.69. The van der Waals surface area contributed by atoms with Gasteiger partial charge in [0.05, 0.1) is 16.8 Å². The quantitative estimate of drug-likeness (QED) is 0.197. The molecule has 1 aliphatic heterocycles. The van der Waals surface area contributed by atoms with E-state index in [-0.39, 0.29) is 5.57 Å². The van der Waals surface area contributed by atoms with Gasteiger partial charge in [-0.05, 0) is 64.9 Å². The second kappa shape index (κ2) is 10.3. The van der Waals surface area contributed by atoms with Crippen molar-refractivity contribution in [2.75, 3.05) is 4.90 Å². The van der Waals surface area contributed by atoms with E-state index >= 15 is 0 Å². The summed E-state index contributed by atoms with van der Waals surface area (Å²) in [6, 6.07) is 36.0. The molecule has 3 nitrogen and oxygen atoms in total. The van der Waals surface area contributed by atoms with Crippen LogP contribution in [0.3, 0.4) is 0 Å². The van der Waals surface area contributed by atoms with Crippen LogP contribution in [0, 0.1) is 36.5 Å². The molecule has 196 valence electrons. The van der Waals surface area contributed by atoms with Crippen LogP contribution in [0.25, 0.3) is 5.57 Å². The first-order valence-corrected chi connectivity index (χ1v) is 13.7. The summed E-state index contributed by atoms with van der Waals surface area (Å²) in [5.41, 5.74) is 11.4. The fourth-order valence-corrected chi connectivity index (χ4v) is 6.75. The molecule has 0 unspecified atom stereocenters. The van der Waals surface area contributed by atoms with Crippen molar-refractivity contribution in [2.45, 2.75) is 25.7 Å². The van der Waals surface area contributed by atoms with E-state index in [1.807, 2.05) is 18.2 Å². The Morgan fingerprint density at radius 3 is 1.90 bits per heavy atom. The van der Waals surface area contributed by atoms with Crippen LogP contribution in [-0.4, -0.2) is 0 Å². The van der Waals surface area contributed by atoms with Crippen molar-refractivity contribution in [1.82, 2.24) is 0 Å². The molecule has 4 aromatic rings. The zero-order valence-corrected chi connectivity index (χ0v) is 23.2. The van der Waals surface area contributed by atoms with Crippen LogP contribution in [0.2, 0.25) is 0 Å². The van der Waals surface area contributed by atoms with Crippen molar-refractivity contribution in [3.8, 4) is 12.1 Å². The van der Waals surface area contributed by atoms with Crippen LogP contribution in [0.5, 0.6) is 0 Å². The van der Waals surface area contributed by atoms with E-state index in [4.69, 9.17) is 0 Å². The van der Waals surface area contributed by atoms with E-state index in [9.17, 15) is 10.5 Å². The SMILES string of the molecule is C=C/C=C\C=C1/CC2(c3ccccc3C(=C(C#N)C#N)c3ccccc32)c2ccccc2N1c1c(C)cccc1C. The normalized spacial score (nSPS) is 17.9. The van der Waals surface area contributed by atoms with Gasteiger partial charge in [0.2, 0.25) is 0 Å². The van der Waals surface area contributed by atoms with Crippen molar-refractivity contribution < 1.29 is 0 Å². The van der Waals surface area contributed by atoms with Crippen molar-refractivity contribution in [1.29, 1.82) is 10.5 Å². The summed E-state index contributed by atoms with van der Waals surface area (Å²) in [6.45, 7) is 8.21. The first-order valence-electron chi connectivity index (χ1n) is 13.7. The predicted molar refractivity (Wildman–Crippen MR) is 167 cm³/mol. The van der Waals surface area contributed by atoms with Crippen molar-refractivity contribution in [2.24, 2.45) is 0 Å². The molecule has 0 atom stereocenters. The van der Waals surface area contributed by atoms with Crippen LogP contribution in [0.1, 0.15) is 45.4 Å². The number of para-hydroxylation sites is 2. The summed E-state index contributed by atoms with van der Waals surface area (Å²) in [4.78, 5) is 2.41. The molecule has 0 fully saturated rings. The number of fused-ring (bicyclic) bond motifs is 6. The fraction of sp³-hybridized carbons (Fsp3) is 0.105. The first-order chi connectivity index (χ1) is 20.1. The van der Waals surface area contributed by atoms with Crippen LogP contribution in [-0.2, 0) is 5.41 Å². The van der Waals surface area contributed by atoms with Gasteiger partial charge in [0, 0.05) is 17.7 Å². The van der Waals surface area contributed by atoms with Crippen molar-refractivity contribution in [3.05, 3.63) is 172 Å². The zero-order valence-electron chi connectivity index (χ0n) is 23.2. The minimum absolute atomic E-state index is 0.130. The Morgan fingerprint density at radius 2 is 1.32 bits per heavy atom. The lowest BCUT2D eigenvalue weighted by atomic mass is 9.58. The van der Waals surface area contributed by atoms with Gasteiger partial charge in [-0.3, -0.25) is 0 Å². The Kier molecular flexibility index (Phi) is 6.50. The Hall–Kier alpha value is -5.38. The number of aryl methyl sites for hydroxylation is 2. The lowest BCUT2D eigenvalue weighted by Gasteiger charge is -2.50. The first kappa shape index (κ1) is 25.9. The molecule has 1 spiro atoms. The Balaban J connectivity index is 1.77. The van der Waals surface area contributed by atoms with E-state index in [2.05, 4.69) is 128 Å². The molecule has 0 saturated carbocycles. The summed E-state index contributed by atoms with van der Waals surface area (Å²) in [5.74, 6) is 0. The number of benzene rings is 4. The summed E-state index contributed by atoms with van der Waals surface area (Å²) < 4.78 is 0. The minimum atomic E-state index is -0.537. The topological polar surface area (TPSA) is 50.8 Å². The van der Waals surface area contributed by atoms with Crippen molar-refractivity contribution in [3.63, 3.8) is 0 Å². The average molecular weight is 528 g/mol. The number of anilines is 2. The molecular weight excluding hydrogens is 498 g/mol. The number of hydrogen-bond acceptors (Lipinski definition) is 3. The van der Waals surface area contributed by atoms with Crippen LogP contribution < -0.4 is 4.90 Å². The molecule has 41 heavy (non-hydrogen) atoms. The molecule has 6 rings (SSSR count). The van der Waals surface area contributed by atoms with E-state index < -0.39 is 5.41 Å². The summed E-state index contributed by atoms with van der Waals surface area (Å²) in [7, 11) is 0. The second-order valence-corrected chi connectivity index (χ2v) is 10.5. The highest BCUT2D eigenvalue weighted by Gasteiger charge is 2.49. The molecule has 0 aromatic heterocycles. The fourth-order valence-electron chi connectivity index (χ4n) is 6.75. The standard InChI is InChI=1S/C38H29N3/c1-4-5-6-16-29-23-38(34-21-11-12-22-35(34)41(29)37-26(2)14-13-15-27(37)3)32-19-9-7-17-30(32)36(28(24-39)25-40)31-18-8-10-20-33(31)38/h4-22H,1,23H2,2-3H3/b6-5-,29-16+. The van der Waals surface area contributed by atoms with E-state index in [1.54, 1.807) is 6.08 Å². The average Bonchev–Trinajstić information content (AvgIpc) is 3.00. The largest absolute Gasteiger partial charge is 0.313 e. The summed E-state index contributed by atoms with van der Waals surface area (Å²) >= 11 is 0. The molecule has 1 aliphatic carbocycles. The molecule has 0 bridgehead atoms. The maximum absolute atomic E-state index is 10.0. The Bertz CT molecular complexity index is 1800. The number of nitrogens with zero attached hydrogens (tertiary/aromatic N) is 3. The van der Waals surface area contributed by atoms with Gasteiger partial charge in [-0.1, -0.05) is 110 Å². The van der Waals surface area contributed by atoms with E-state index in [0.29, 0.717) is 12.0 Å². The maximum atomic E-state index is 10.0. The van der Waals surface area contributed by atoms with Gasteiger partial charge in [-0.25, -0.2) is 0 Å². The maximum Gasteiger partial charge on any atom is 0.138 e. The van der Waals surface area contributed by atoms with Gasteiger partial charge in [-0.15, -0.1) is 0 Å². The predicted octanol–water partition coefficient (Wildman–Crippen LogP) is 8.97. The smallest absolute Gasteiger partial charge is 0.138 e. The van der Waals surface area contributed by atoms with Gasteiger partial charge in [-0.2, -0.15) is 10.5 Å². The Labute approximate surface area is 241 Å². The third-order valence-electron chi connectivity index (χ3n) is 8.32. The molecule has 0 saturated heterocycles. The van der Waals surface area contributed by atoms with Gasteiger partial charge >= 0.3 is 0 Å². The summed E-state index contributed by atoms with van der Waals surface area (Å²) in [5, 5.41) is 20.0. The molecule has 4 aromatic carbocycles. The van der Waals surface area contributed by atoms with Crippen LogP contribution in [0.4, 0.5) is 11.4 Å². The van der Waals surface area contributed by atoms with Crippen molar-refractivity contribution >= 4 is 16.9 Å². The zero-order chi connectivity index (χ0) is 28.6. The van der Waals surface area contributed by atoms with E-state index in [1.165, 1.54) is 22.4 Å². The third-order valence-corrected chi connectivity index (χ3v) is 8.32. The highest BCUT2D eigenvalue weighted by atomic mass is 15.2. The molecule has 3 heteroatoms. The van der Waals surface area contributed by atoms with Gasteiger partial charge in [0.1, 0.15) is 17.7 Å². The highest BCUT2D eigenvalue weighted by molar-refractivity contribution is 5.95. The van der Waals surface area contributed by atoms with Gasteiger partial charge in [0.25, 0.3) is 0 Å². The van der Waals surface area contributed by atoms with Gasteiger partial charge in [0.15, 0.2) is 0 Å². The number of rotatable bonds is 3.